The van der Waals surface area contributed by atoms with Crippen molar-refractivity contribution in [1.29, 1.82) is 5.41 Å². The minimum atomic E-state index is -0.356. The van der Waals surface area contributed by atoms with Gasteiger partial charge < -0.3 is 20.5 Å². The average molecular weight is 289 g/mol. The largest absolute Gasteiger partial charge is 0.489 e. The summed E-state index contributed by atoms with van der Waals surface area (Å²) in [6.07, 6.45) is 1.96. The second kappa shape index (κ2) is 6.90. The molecule has 0 spiro atoms. The molecule has 6 nitrogen and oxygen atoms in total. The van der Waals surface area contributed by atoms with Crippen molar-refractivity contribution < 1.29 is 14.3 Å². The van der Waals surface area contributed by atoms with Gasteiger partial charge in [0.1, 0.15) is 30.3 Å². The molecule has 2 unspecified atom stereocenters. The van der Waals surface area contributed by atoms with Crippen LogP contribution in [0.4, 0.5) is 0 Å². The molecule has 112 valence electrons. The number of esters is 1. The average Bonchev–Trinajstić information content (AvgIpc) is 2.93. The number of nitrogens with two attached hydrogens (primary N) is 1. The molecule has 0 aromatic heterocycles. The molecule has 0 bridgehead atoms. The first-order valence-corrected chi connectivity index (χ1v) is 6.72. The third-order valence-corrected chi connectivity index (χ3v) is 3.17. The van der Waals surface area contributed by atoms with Crippen LogP contribution in [0.2, 0.25) is 0 Å². The highest BCUT2D eigenvalue weighted by Crippen LogP contribution is 2.19. The summed E-state index contributed by atoms with van der Waals surface area (Å²) in [6.45, 7) is 4.28. The summed E-state index contributed by atoms with van der Waals surface area (Å²) in [7, 11) is 0. The van der Waals surface area contributed by atoms with Gasteiger partial charge in [0.25, 0.3) is 0 Å². The van der Waals surface area contributed by atoms with Gasteiger partial charge in [-0.3, -0.25) is 10.2 Å². The van der Waals surface area contributed by atoms with Crippen LogP contribution in [-0.4, -0.2) is 37.1 Å². The summed E-state index contributed by atoms with van der Waals surface area (Å²) in [5, 5.41) is 10.5. The maximum atomic E-state index is 11.7. The van der Waals surface area contributed by atoms with Crippen LogP contribution in [0, 0.1) is 5.41 Å². The van der Waals surface area contributed by atoms with E-state index in [1.165, 1.54) is 6.08 Å². The zero-order valence-electron chi connectivity index (χ0n) is 11.7. The Balaban J connectivity index is 1.90. The maximum absolute atomic E-state index is 11.7. The number of carbonyl (C=O) groups excluding carboxylic acids is 1. The van der Waals surface area contributed by atoms with E-state index in [1.807, 2.05) is 0 Å². The minimum absolute atomic E-state index is 0.00382. The fourth-order valence-electron chi connectivity index (χ4n) is 2.14. The summed E-state index contributed by atoms with van der Waals surface area (Å²) >= 11 is 0. The standard InChI is InChI=1S/C15H19N3O3/c1-2-6-20-15(19)13-8-12(9-18-13)21-11-5-3-4-10(7-11)14(16)17/h2-5,7,12-13,18H,1,6,8-9H2,(H3,16,17). The van der Waals surface area contributed by atoms with E-state index in [0.29, 0.717) is 24.3 Å². The van der Waals surface area contributed by atoms with Crippen molar-refractivity contribution in [3.8, 4) is 5.75 Å². The fraction of sp³-hybridized carbons (Fsp3) is 0.333. The molecule has 0 aliphatic carbocycles. The number of carbonyl (C=O) groups is 1. The lowest BCUT2D eigenvalue weighted by molar-refractivity contribution is -0.144. The number of rotatable bonds is 6. The van der Waals surface area contributed by atoms with Gasteiger partial charge >= 0.3 is 5.97 Å². The summed E-state index contributed by atoms with van der Waals surface area (Å²) in [4.78, 5) is 11.7. The third-order valence-electron chi connectivity index (χ3n) is 3.17. The molecule has 21 heavy (non-hydrogen) atoms. The Bertz CT molecular complexity index is 545. The summed E-state index contributed by atoms with van der Waals surface area (Å²) in [5.41, 5.74) is 6.06. The first-order chi connectivity index (χ1) is 10.1. The molecule has 2 rings (SSSR count). The van der Waals surface area contributed by atoms with E-state index in [1.54, 1.807) is 24.3 Å². The Morgan fingerprint density at radius 3 is 3.10 bits per heavy atom. The molecule has 4 N–H and O–H groups in total. The monoisotopic (exact) mass is 289 g/mol. The topological polar surface area (TPSA) is 97.4 Å². The molecule has 1 aromatic rings. The van der Waals surface area contributed by atoms with Crippen LogP contribution in [-0.2, 0) is 9.53 Å². The number of hydrogen-bond acceptors (Lipinski definition) is 5. The van der Waals surface area contributed by atoms with Gasteiger partial charge in [0.05, 0.1) is 0 Å². The van der Waals surface area contributed by atoms with Crippen LogP contribution in [0.1, 0.15) is 12.0 Å². The van der Waals surface area contributed by atoms with E-state index < -0.39 is 0 Å². The highest BCUT2D eigenvalue weighted by atomic mass is 16.5. The van der Waals surface area contributed by atoms with Crippen LogP contribution in [0.15, 0.2) is 36.9 Å². The SMILES string of the molecule is C=CCOC(=O)C1CC(Oc2cccc(C(=N)N)c2)CN1. The van der Waals surface area contributed by atoms with Gasteiger partial charge in [0.2, 0.25) is 0 Å². The van der Waals surface area contributed by atoms with Crippen LogP contribution < -0.4 is 15.8 Å². The fourth-order valence-corrected chi connectivity index (χ4v) is 2.14. The maximum Gasteiger partial charge on any atom is 0.323 e. The zero-order valence-corrected chi connectivity index (χ0v) is 11.7. The molecule has 2 atom stereocenters. The van der Waals surface area contributed by atoms with Gasteiger partial charge in [-0.1, -0.05) is 24.8 Å². The number of amidine groups is 1. The zero-order chi connectivity index (χ0) is 15.2. The lowest BCUT2D eigenvalue weighted by Crippen LogP contribution is -2.32. The lowest BCUT2D eigenvalue weighted by Gasteiger charge is -2.13. The molecule has 1 aromatic carbocycles. The van der Waals surface area contributed by atoms with Crippen molar-refractivity contribution in [3.05, 3.63) is 42.5 Å². The second-order valence-corrected chi connectivity index (χ2v) is 4.80. The van der Waals surface area contributed by atoms with Crippen LogP contribution in [0.5, 0.6) is 5.75 Å². The molecule has 0 saturated carbocycles. The smallest absolute Gasteiger partial charge is 0.323 e. The van der Waals surface area contributed by atoms with E-state index in [0.717, 1.165) is 0 Å². The van der Waals surface area contributed by atoms with E-state index >= 15 is 0 Å². The van der Waals surface area contributed by atoms with Crippen molar-refractivity contribution in [1.82, 2.24) is 5.32 Å². The van der Waals surface area contributed by atoms with Crippen molar-refractivity contribution >= 4 is 11.8 Å². The Morgan fingerprint density at radius 1 is 1.57 bits per heavy atom. The number of nitrogens with one attached hydrogen (secondary N) is 2. The molecule has 1 heterocycles. The predicted molar refractivity (Wildman–Crippen MR) is 79.4 cm³/mol. The number of benzene rings is 1. The highest BCUT2D eigenvalue weighted by molar-refractivity contribution is 5.95. The first kappa shape index (κ1) is 15.1. The molecule has 6 heteroatoms. The van der Waals surface area contributed by atoms with Gasteiger partial charge in [-0.15, -0.1) is 0 Å². The van der Waals surface area contributed by atoms with Gasteiger partial charge in [-0.05, 0) is 12.1 Å². The molecule has 1 saturated heterocycles. The Labute approximate surface area is 123 Å². The van der Waals surface area contributed by atoms with Crippen LogP contribution in [0.3, 0.4) is 0 Å². The van der Waals surface area contributed by atoms with Crippen molar-refractivity contribution in [2.45, 2.75) is 18.6 Å². The molecular formula is C15H19N3O3. The van der Waals surface area contributed by atoms with Crippen LogP contribution in [0.25, 0.3) is 0 Å². The Morgan fingerprint density at radius 2 is 2.38 bits per heavy atom. The quantitative estimate of drug-likeness (QED) is 0.311. The highest BCUT2D eigenvalue weighted by Gasteiger charge is 2.31. The number of ether oxygens (including phenoxy) is 2. The molecule has 1 aliphatic heterocycles. The molecule has 0 radical (unpaired) electrons. The van der Waals surface area contributed by atoms with Crippen molar-refractivity contribution in [2.24, 2.45) is 5.73 Å². The van der Waals surface area contributed by atoms with E-state index in [2.05, 4.69) is 11.9 Å². The second-order valence-electron chi connectivity index (χ2n) is 4.80. The van der Waals surface area contributed by atoms with Crippen molar-refractivity contribution in [2.75, 3.05) is 13.2 Å². The van der Waals surface area contributed by atoms with Crippen LogP contribution >= 0.6 is 0 Å². The van der Waals surface area contributed by atoms with Gasteiger partial charge in [0.15, 0.2) is 0 Å². The van der Waals surface area contributed by atoms with E-state index in [9.17, 15) is 4.79 Å². The molecule has 1 aliphatic rings. The summed E-state index contributed by atoms with van der Waals surface area (Å²) in [5.74, 6) is 0.337. The first-order valence-electron chi connectivity index (χ1n) is 6.72. The molecule has 1 fully saturated rings. The van der Waals surface area contributed by atoms with Crippen molar-refractivity contribution in [3.63, 3.8) is 0 Å². The summed E-state index contributed by atoms with van der Waals surface area (Å²) in [6, 6.07) is 6.69. The van der Waals surface area contributed by atoms with Gasteiger partial charge in [-0.25, -0.2) is 0 Å². The normalized spacial score (nSPS) is 20.8. The molecule has 0 amide bonds. The Kier molecular flexibility index (Phi) is 4.94. The third kappa shape index (κ3) is 4.06. The van der Waals surface area contributed by atoms with E-state index in [-0.39, 0.29) is 30.6 Å². The predicted octanol–water partition coefficient (Wildman–Crippen LogP) is 0.809. The van der Waals surface area contributed by atoms with Gasteiger partial charge in [0, 0.05) is 18.5 Å². The van der Waals surface area contributed by atoms with E-state index in [4.69, 9.17) is 20.6 Å². The minimum Gasteiger partial charge on any atom is -0.489 e. The molecular weight excluding hydrogens is 270 g/mol. The summed E-state index contributed by atoms with van der Waals surface area (Å²) < 4.78 is 10.8. The van der Waals surface area contributed by atoms with Gasteiger partial charge in [-0.2, -0.15) is 0 Å². The number of nitrogen functional groups attached to an aromatic ring is 1. The number of hydrogen-bond donors (Lipinski definition) is 3. The Hall–Kier alpha value is -2.34. The lowest BCUT2D eigenvalue weighted by atomic mass is 10.2.